The lowest BCUT2D eigenvalue weighted by Gasteiger charge is -2.23. The second-order valence-corrected chi connectivity index (χ2v) is 5.63. The van der Waals surface area contributed by atoms with E-state index in [1.165, 1.54) is 0 Å². The number of carbonyl (C=O) groups excluding carboxylic acids is 2. The highest BCUT2D eigenvalue weighted by atomic mass is 79.9. The number of rotatable bonds is 2. The lowest BCUT2D eigenvalue weighted by Crippen LogP contribution is -2.44. The third-order valence-electron chi connectivity index (χ3n) is 3.08. The number of anilines is 1. The fraction of sp³-hybridized carbons (Fsp3) is 0.385. The van der Waals surface area contributed by atoms with Crippen molar-refractivity contribution in [1.82, 2.24) is 5.32 Å². The highest BCUT2D eigenvalue weighted by molar-refractivity contribution is 9.10. The first kappa shape index (κ1) is 14.3. The van der Waals surface area contributed by atoms with Crippen LogP contribution >= 0.6 is 27.5 Å². The van der Waals surface area contributed by atoms with Crippen LogP contribution in [0.15, 0.2) is 22.7 Å². The van der Waals surface area contributed by atoms with Crippen LogP contribution in [0.1, 0.15) is 19.8 Å². The van der Waals surface area contributed by atoms with Crippen molar-refractivity contribution in [2.75, 3.05) is 11.4 Å². The number of nitrogens with zero attached hydrogens (tertiary/aromatic N) is 1. The van der Waals surface area contributed by atoms with E-state index in [4.69, 9.17) is 11.6 Å². The largest absolute Gasteiger partial charge is 0.344 e. The zero-order valence-corrected chi connectivity index (χ0v) is 12.8. The number of hydrogen-bond donors (Lipinski definition) is 1. The van der Waals surface area contributed by atoms with Gasteiger partial charge < -0.3 is 10.2 Å². The molecule has 1 unspecified atom stereocenters. The minimum Gasteiger partial charge on any atom is -0.344 e. The maximum absolute atomic E-state index is 12.4. The predicted octanol–water partition coefficient (Wildman–Crippen LogP) is 2.73. The van der Waals surface area contributed by atoms with Gasteiger partial charge in [0.25, 0.3) is 0 Å². The van der Waals surface area contributed by atoms with E-state index in [0.717, 1.165) is 4.47 Å². The number of halogens is 2. The summed E-state index contributed by atoms with van der Waals surface area (Å²) in [5.74, 6) is -0.183. The van der Waals surface area contributed by atoms with Gasteiger partial charge in [-0.3, -0.25) is 9.59 Å². The Labute approximate surface area is 125 Å². The van der Waals surface area contributed by atoms with Gasteiger partial charge in [0, 0.05) is 23.1 Å². The lowest BCUT2D eigenvalue weighted by atomic mass is 10.2. The van der Waals surface area contributed by atoms with Crippen molar-refractivity contribution < 1.29 is 9.59 Å². The zero-order valence-electron chi connectivity index (χ0n) is 10.5. The van der Waals surface area contributed by atoms with E-state index in [-0.39, 0.29) is 11.8 Å². The van der Waals surface area contributed by atoms with Gasteiger partial charge >= 0.3 is 0 Å². The Morgan fingerprint density at radius 2 is 2.21 bits per heavy atom. The molecule has 0 aliphatic carbocycles. The van der Waals surface area contributed by atoms with Crippen LogP contribution in [0, 0.1) is 0 Å². The molecule has 1 fully saturated rings. The topological polar surface area (TPSA) is 49.4 Å². The summed E-state index contributed by atoms with van der Waals surface area (Å²) in [6, 6.07) is 4.88. The number of amides is 2. The molecule has 1 saturated heterocycles. The number of hydrogen-bond acceptors (Lipinski definition) is 2. The molecule has 1 aliphatic rings. The summed E-state index contributed by atoms with van der Waals surface area (Å²) < 4.78 is 0.779. The molecule has 1 aromatic carbocycles. The molecule has 19 heavy (non-hydrogen) atoms. The summed E-state index contributed by atoms with van der Waals surface area (Å²) in [5.41, 5.74) is 0.716. The molecule has 0 aromatic heterocycles. The van der Waals surface area contributed by atoms with Crippen molar-refractivity contribution >= 4 is 45.0 Å². The number of carbonyl (C=O) groups is 2. The Hall–Kier alpha value is -1.07. The van der Waals surface area contributed by atoms with E-state index in [0.29, 0.717) is 30.1 Å². The highest BCUT2D eigenvalue weighted by Gasteiger charge is 2.29. The predicted molar refractivity (Wildman–Crippen MR) is 78.3 cm³/mol. The minimum atomic E-state index is -0.461. The van der Waals surface area contributed by atoms with Crippen molar-refractivity contribution in [3.8, 4) is 0 Å². The Morgan fingerprint density at radius 1 is 1.47 bits per heavy atom. The molecule has 102 valence electrons. The van der Waals surface area contributed by atoms with Crippen LogP contribution in [-0.2, 0) is 9.59 Å². The van der Waals surface area contributed by atoms with Crippen LogP contribution in [0.4, 0.5) is 5.69 Å². The molecule has 1 aliphatic heterocycles. The quantitative estimate of drug-likeness (QED) is 0.896. The van der Waals surface area contributed by atoms with Gasteiger partial charge in [-0.2, -0.15) is 0 Å². The van der Waals surface area contributed by atoms with Gasteiger partial charge in [-0.25, -0.2) is 0 Å². The van der Waals surface area contributed by atoms with E-state index in [2.05, 4.69) is 21.2 Å². The molecule has 6 heteroatoms. The standard InChI is InChI=1S/C13H14BrClN2O2/c1-2-11-13(19)17(6-5-12(18)16-11)8-3-4-9(14)10(15)7-8/h3-4,7,11H,2,5-6H2,1H3,(H,16,18). The maximum atomic E-state index is 12.4. The maximum Gasteiger partial charge on any atom is 0.249 e. The molecule has 0 saturated carbocycles. The molecular formula is C13H14BrClN2O2. The molecule has 2 rings (SSSR count). The summed E-state index contributed by atoms with van der Waals surface area (Å²) in [7, 11) is 0. The Kier molecular flexibility index (Phi) is 4.47. The van der Waals surface area contributed by atoms with Gasteiger partial charge in [0.1, 0.15) is 6.04 Å². The van der Waals surface area contributed by atoms with E-state index >= 15 is 0 Å². The first-order chi connectivity index (χ1) is 9.02. The Morgan fingerprint density at radius 3 is 2.84 bits per heavy atom. The van der Waals surface area contributed by atoms with E-state index in [9.17, 15) is 9.59 Å². The average molecular weight is 346 g/mol. The zero-order chi connectivity index (χ0) is 14.0. The summed E-state index contributed by atoms with van der Waals surface area (Å²) >= 11 is 9.37. The minimum absolute atomic E-state index is 0.0910. The van der Waals surface area contributed by atoms with Gasteiger partial charge in [0.2, 0.25) is 11.8 Å². The van der Waals surface area contributed by atoms with Crippen LogP contribution in [0.3, 0.4) is 0 Å². The van der Waals surface area contributed by atoms with Gasteiger partial charge in [0.15, 0.2) is 0 Å². The Bertz CT molecular complexity index is 521. The summed E-state index contributed by atoms with van der Waals surface area (Å²) in [4.78, 5) is 25.6. The van der Waals surface area contributed by atoms with Crippen LogP contribution in [0.25, 0.3) is 0 Å². The number of benzene rings is 1. The molecule has 0 bridgehead atoms. The van der Waals surface area contributed by atoms with Gasteiger partial charge in [-0.05, 0) is 40.5 Å². The van der Waals surface area contributed by atoms with E-state index in [1.54, 1.807) is 17.0 Å². The summed E-state index contributed by atoms with van der Waals surface area (Å²) in [5, 5.41) is 3.28. The second-order valence-electron chi connectivity index (χ2n) is 4.37. The van der Waals surface area contributed by atoms with Crippen molar-refractivity contribution in [2.45, 2.75) is 25.8 Å². The van der Waals surface area contributed by atoms with Crippen LogP contribution in [-0.4, -0.2) is 24.4 Å². The molecule has 0 radical (unpaired) electrons. The fourth-order valence-corrected chi connectivity index (χ4v) is 2.45. The number of nitrogens with one attached hydrogen (secondary N) is 1. The molecule has 1 heterocycles. The normalized spacial score (nSPS) is 20.2. The van der Waals surface area contributed by atoms with Crippen molar-refractivity contribution in [3.63, 3.8) is 0 Å². The summed E-state index contributed by atoms with van der Waals surface area (Å²) in [6.07, 6.45) is 0.876. The van der Waals surface area contributed by atoms with Crippen LogP contribution < -0.4 is 10.2 Å². The van der Waals surface area contributed by atoms with Gasteiger partial charge in [0.05, 0.1) is 5.02 Å². The molecule has 0 spiro atoms. The SMILES string of the molecule is CCC1NC(=O)CCN(c2ccc(Br)c(Cl)c2)C1=O. The van der Waals surface area contributed by atoms with Crippen molar-refractivity contribution in [2.24, 2.45) is 0 Å². The van der Waals surface area contributed by atoms with Crippen molar-refractivity contribution in [3.05, 3.63) is 27.7 Å². The summed E-state index contributed by atoms with van der Waals surface area (Å²) in [6.45, 7) is 2.25. The first-order valence-electron chi connectivity index (χ1n) is 6.08. The molecule has 1 atom stereocenters. The fourth-order valence-electron chi connectivity index (χ4n) is 2.03. The third kappa shape index (κ3) is 3.09. The molecule has 4 nitrogen and oxygen atoms in total. The molecule has 1 N–H and O–H groups in total. The second kappa shape index (κ2) is 5.92. The molecular weight excluding hydrogens is 332 g/mol. The van der Waals surface area contributed by atoms with Gasteiger partial charge in [-0.15, -0.1) is 0 Å². The first-order valence-corrected chi connectivity index (χ1v) is 7.25. The molecule has 2 amide bonds. The average Bonchev–Trinajstić information content (AvgIpc) is 2.53. The van der Waals surface area contributed by atoms with Gasteiger partial charge in [-0.1, -0.05) is 18.5 Å². The third-order valence-corrected chi connectivity index (χ3v) is 4.32. The smallest absolute Gasteiger partial charge is 0.249 e. The molecule has 1 aromatic rings. The van der Waals surface area contributed by atoms with E-state index in [1.807, 2.05) is 13.0 Å². The van der Waals surface area contributed by atoms with Crippen LogP contribution in [0.5, 0.6) is 0 Å². The highest BCUT2D eigenvalue weighted by Crippen LogP contribution is 2.28. The lowest BCUT2D eigenvalue weighted by molar-refractivity contribution is -0.125. The van der Waals surface area contributed by atoms with E-state index < -0.39 is 6.04 Å². The van der Waals surface area contributed by atoms with Crippen molar-refractivity contribution in [1.29, 1.82) is 0 Å². The monoisotopic (exact) mass is 344 g/mol. The Balaban J connectivity index is 2.33. The van der Waals surface area contributed by atoms with Crippen LogP contribution in [0.2, 0.25) is 5.02 Å².